The third kappa shape index (κ3) is 10.4. The fraction of sp³-hybridized carbons (Fsp3) is 0.519. The molecule has 2 heterocycles. The number of nitro groups is 2. The highest BCUT2D eigenvalue weighted by Gasteiger charge is 2.28. The van der Waals surface area contributed by atoms with Gasteiger partial charge in [0.05, 0.1) is 18.8 Å². The Balaban J connectivity index is 0.000000239. The van der Waals surface area contributed by atoms with Gasteiger partial charge in [-0.1, -0.05) is 0 Å². The zero-order valence-corrected chi connectivity index (χ0v) is 26.3. The second-order valence-electron chi connectivity index (χ2n) is 10.6. The van der Waals surface area contributed by atoms with Crippen molar-refractivity contribution in [3.8, 4) is 11.5 Å². The highest BCUT2D eigenvalue weighted by molar-refractivity contribution is 9.11. The molecule has 2 saturated heterocycles. The first-order chi connectivity index (χ1) is 19.3. The van der Waals surface area contributed by atoms with Crippen LogP contribution in [0.25, 0.3) is 0 Å². The van der Waals surface area contributed by atoms with Crippen LogP contribution < -0.4 is 14.8 Å². The van der Waals surface area contributed by atoms with Gasteiger partial charge in [0.2, 0.25) is 0 Å². The van der Waals surface area contributed by atoms with Crippen molar-refractivity contribution in [1.29, 1.82) is 0 Å². The van der Waals surface area contributed by atoms with Crippen LogP contribution in [0.2, 0.25) is 0 Å². The molecule has 2 aromatic carbocycles. The Labute approximate surface area is 255 Å². The topological polar surface area (TPSA) is 146 Å². The predicted octanol–water partition coefficient (Wildman–Crippen LogP) is 6.62. The molecule has 0 radical (unpaired) electrons. The molecule has 0 spiro atoms. The molecule has 1 amide bonds. The Hall–Kier alpha value is -2.97. The third-order valence-electron chi connectivity index (χ3n) is 6.22. The number of amides is 1. The average molecular weight is 702 g/mol. The maximum absolute atomic E-state index is 12.0. The summed E-state index contributed by atoms with van der Waals surface area (Å²) < 4.78 is 18.3. The van der Waals surface area contributed by atoms with Gasteiger partial charge in [-0.05, 0) is 90.7 Å². The Morgan fingerprint density at radius 3 is 1.68 bits per heavy atom. The summed E-state index contributed by atoms with van der Waals surface area (Å²) in [6.07, 6.45) is 3.13. The molecule has 0 bridgehead atoms. The van der Waals surface area contributed by atoms with Gasteiger partial charge in [-0.25, -0.2) is 4.79 Å². The zero-order valence-electron chi connectivity index (χ0n) is 23.1. The van der Waals surface area contributed by atoms with Gasteiger partial charge in [-0.15, -0.1) is 0 Å². The lowest BCUT2D eigenvalue weighted by molar-refractivity contribution is -0.385. The van der Waals surface area contributed by atoms with Crippen LogP contribution in [0.1, 0.15) is 46.5 Å². The first-order valence-corrected chi connectivity index (χ1v) is 14.8. The number of ether oxygens (including phenoxy) is 3. The highest BCUT2D eigenvalue weighted by Crippen LogP contribution is 2.32. The van der Waals surface area contributed by atoms with Gasteiger partial charge in [-0.3, -0.25) is 20.2 Å². The van der Waals surface area contributed by atoms with Crippen molar-refractivity contribution < 1.29 is 28.9 Å². The minimum absolute atomic E-state index is 0.00831. The van der Waals surface area contributed by atoms with Crippen LogP contribution in [-0.4, -0.2) is 64.8 Å². The summed E-state index contributed by atoms with van der Waals surface area (Å²) in [6.45, 7) is 8.55. The maximum atomic E-state index is 12.0. The molecule has 224 valence electrons. The fourth-order valence-electron chi connectivity index (χ4n) is 4.15. The number of benzene rings is 2. The quantitative estimate of drug-likeness (QED) is 0.259. The monoisotopic (exact) mass is 700 g/mol. The standard InChI is InChI=1S/C16H21BrN2O5.C11H13BrN2O3/c1-16(2,3)24-15(20)18-8-6-12(7-9-18)23-14-5-4-11(19(21)22)10-13(14)17;12-10-7-8(14(15)16)1-2-11(10)17-9-3-5-13-6-4-9/h4-5,10,12H,6-9H2,1-3H3;1-2,7,9,13H,3-6H2. The molecule has 0 aromatic heterocycles. The molecular weight excluding hydrogens is 668 g/mol. The summed E-state index contributed by atoms with van der Waals surface area (Å²) in [5.74, 6) is 1.24. The van der Waals surface area contributed by atoms with Crippen LogP contribution in [-0.2, 0) is 4.74 Å². The van der Waals surface area contributed by atoms with E-state index in [9.17, 15) is 25.0 Å². The highest BCUT2D eigenvalue weighted by atomic mass is 79.9. The van der Waals surface area contributed by atoms with Gasteiger partial charge >= 0.3 is 6.09 Å². The summed E-state index contributed by atoms with van der Waals surface area (Å²) in [6, 6.07) is 8.99. The number of piperidine rings is 2. The van der Waals surface area contributed by atoms with E-state index in [1.54, 1.807) is 17.0 Å². The molecule has 41 heavy (non-hydrogen) atoms. The van der Waals surface area contributed by atoms with E-state index < -0.39 is 15.4 Å². The lowest BCUT2D eigenvalue weighted by Gasteiger charge is -2.33. The summed E-state index contributed by atoms with van der Waals surface area (Å²) in [4.78, 5) is 34.2. The number of nitrogens with one attached hydrogen (secondary N) is 1. The van der Waals surface area contributed by atoms with E-state index in [0.29, 0.717) is 46.4 Å². The van der Waals surface area contributed by atoms with Gasteiger partial charge in [-0.2, -0.15) is 0 Å². The van der Waals surface area contributed by atoms with Crippen LogP contribution in [0.3, 0.4) is 0 Å². The maximum Gasteiger partial charge on any atom is 0.410 e. The van der Waals surface area contributed by atoms with Gasteiger partial charge in [0.15, 0.2) is 0 Å². The molecule has 0 unspecified atom stereocenters. The molecule has 2 aliphatic heterocycles. The normalized spacial score (nSPS) is 16.3. The van der Waals surface area contributed by atoms with Crippen LogP contribution in [0.15, 0.2) is 45.3 Å². The van der Waals surface area contributed by atoms with Gasteiger partial charge in [0.25, 0.3) is 11.4 Å². The molecule has 0 atom stereocenters. The van der Waals surface area contributed by atoms with E-state index in [1.165, 1.54) is 24.3 Å². The van der Waals surface area contributed by atoms with Crippen molar-refractivity contribution in [1.82, 2.24) is 10.2 Å². The lowest BCUT2D eigenvalue weighted by Crippen LogP contribution is -2.44. The van der Waals surface area contributed by atoms with E-state index in [0.717, 1.165) is 25.9 Å². The smallest absolute Gasteiger partial charge is 0.410 e. The summed E-state index contributed by atoms with van der Waals surface area (Å²) in [5.41, 5.74) is -0.433. The zero-order chi connectivity index (χ0) is 30.2. The van der Waals surface area contributed by atoms with Crippen LogP contribution in [0.4, 0.5) is 16.2 Å². The number of non-ortho nitro benzene ring substituents is 2. The predicted molar refractivity (Wildman–Crippen MR) is 160 cm³/mol. The summed E-state index contributed by atoms with van der Waals surface area (Å²) in [7, 11) is 0. The number of halogens is 2. The second-order valence-corrected chi connectivity index (χ2v) is 12.3. The second kappa shape index (κ2) is 14.8. The Morgan fingerprint density at radius 2 is 1.29 bits per heavy atom. The molecule has 1 N–H and O–H groups in total. The van der Waals surface area contributed by atoms with E-state index in [2.05, 4.69) is 37.2 Å². The molecule has 0 aliphatic carbocycles. The van der Waals surface area contributed by atoms with Crippen LogP contribution >= 0.6 is 31.9 Å². The number of hydrogen-bond donors (Lipinski definition) is 1. The minimum Gasteiger partial charge on any atom is -0.489 e. The molecule has 2 aromatic rings. The molecule has 4 rings (SSSR count). The number of rotatable bonds is 6. The minimum atomic E-state index is -0.506. The van der Waals surface area contributed by atoms with Crippen molar-refractivity contribution in [2.45, 2.75) is 64.3 Å². The number of nitro benzene ring substituents is 2. The van der Waals surface area contributed by atoms with Crippen LogP contribution in [0.5, 0.6) is 11.5 Å². The van der Waals surface area contributed by atoms with Gasteiger partial charge in [0.1, 0.15) is 29.3 Å². The SMILES string of the molecule is CC(C)(C)OC(=O)N1CCC(Oc2ccc([N+](=O)[O-])cc2Br)CC1.O=[N+]([O-])c1ccc(OC2CCNCC2)c(Br)c1. The first kappa shape index (κ1) is 32.5. The average Bonchev–Trinajstić information content (AvgIpc) is 2.91. The molecule has 12 nitrogen and oxygen atoms in total. The third-order valence-corrected chi connectivity index (χ3v) is 7.46. The first-order valence-electron chi connectivity index (χ1n) is 13.2. The number of carbonyl (C=O) groups is 1. The fourth-order valence-corrected chi connectivity index (χ4v) is 5.07. The van der Waals surface area contributed by atoms with E-state index >= 15 is 0 Å². The van der Waals surface area contributed by atoms with Gasteiger partial charge < -0.3 is 24.4 Å². The van der Waals surface area contributed by atoms with E-state index in [-0.39, 0.29) is 29.7 Å². The number of nitrogens with zero attached hydrogens (tertiary/aromatic N) is 3. The van der Waals surface area contributed by atoms with E-state index in [1.807, 2.05) is 20.8 Å². The molecule has 2 fully saturated rings. The summed E-state index contributed by atoms with van der Waals surface area (Å²) in [5, 5.41) is 24.6. The van der Waals surface area contributed by atoms with Crippen molar-refractivity contribution in [3.63, 3.8) is 0 Å². The largest absolute Gasteiger partial charge is 0.489 e. The Morgan fingerprint density at radius 1 is 0.854 bits per heavy atom. The van der Waals surface area contributed by atoms with E-state index in [4.69, 9.17) is 14.2 Å². The molecule has 2 aliphatic rings. The van der Waals surface area contributed by atoms with Crippen molar-refractivity contribution in [3.05, 3.63) is 65.6 Å². The molecular formula is C27H34Br2N4O8. The summed E-state index contributed by atoms with van der Waals surface area (Å²) >= 11 is 6.59. The van der Waals surface area contributed by atoms with Gasteiger partial charge in [0, 0.05) is 50.2 Å². The lowest BCUT2D eigenvalue weighted by atomic mass is 10.1. The van der Waals surface area contributed by atoms with Crippen molar-refractivity contribution >= 4 is 49.3 Å². The Bertz CT molecular complexity index is 1230. The number of carbonyl (C=O) groups excluding carboxylic acids is 1. The van der Waals surface area contributed by atoms with Crippen molar-refractivity contribution in [2.75, 3.05) is 26.2 Å². The van der Waals surface area contributed by atoms with Crippen molar-refractivity contribution in [2.24, 2.45) is 0 Å². The number of hydrogen-bond acceptors (Lipinski definition) is 9. The van der Waals surface area contributed by atoms with Crippen LogP contribution in [0, 0.1) is 20.2 Å². The molecule has 14 heteroatoms. The Kier molecular flexibility index (Phi) is 11.7. The molecule has 0 saturated carbocycles. The number of likely N-dealkylation sites (tertiary alicyclic amines) is 1.